The van der Waals surface area contributed by atoms with Crippen molar-refractivity contribution in [1.29, 1.82) is 5.41 Å². The van der Waals surface area contributed by atoms with Gasteiger partial charge in [0.2, 0.25) is 0 Å². The Labute approximate surface area is 44.9 Å². The van der Waals surface area contributed by atoms with Crippen LogP contribution in [0.5, 0.6) is 0 Å². The van der Waals surface area contributed by atoms with Crippen LogP contribution in [-0.4, -0.2) is 5.96 Å². The number of nitrogens with one attached hydrogen (secondary N) is 2. The molecule has 0 bridgehead atoms. The van der Waals surface area contributed by atoms with E-state index in [9.17, 15) is 0 Å². The first kappa shape index (κ1) is 6.23. The number of rotatable bonds is 1. The van der Waals surface area contributed by atoms with Crippen LogP contribution in [0.15, 0.2) is 0 Å². The normalized spacial score (nSPS) is 7.50. The molecule has 0 saturated carbocycles. The molecule has 0 aromatic rings. The molecule has 36 valence electrons. The molecule has 0 fully saturated rings. The predicted octanol–water partition coefficient (Wildman–Crippen LogP) is -0.743. The number of guanidine groups is 1. The molecule has 0 spiro atoms. The van der Waals surface area contributed by atoms with E-state index in [-0.39, 0.29) is 21.0 Å². The van der Waals surface area contributed by atoms with Crippen LogP contribution in [0.4, 0.5) is 0 Å². The summed E-state index contributed by atoms with van der Waals surface area (Å²) >= 11 is 0.214. The summed E-state index contributed by atoms with van der Waals surface area (Å²) in [4.78, 5) is 0. The number of hydrogen-bond acceptors (Lipinski definition) is 1. The Morgan fingerprint density at radius 3 is 2.50 bits per heavy atom. The Bertz CT molecular complexity index is 54.8. The monoisotopic (exact) mass is 143 g/mol. The fourth-order valence-electron chi connectivity index (χ4n) is 0.0635. The van der Waals surface area contributed by atoms with Crippen molar-refractivity contribution in [3.05, 3.63) is 0 Å². The molecule has 0 aliphatic carbocycles. The van der Waals surface area contributed by atoms with E-state index in [1.807, 2.05) is 0 Å². The molecule has 0 saturated heterocycles. The average Bonchev–Trinajstić information content (AvgIpc) is 1.35. The Morgan fingerprint density at radius 2 is 2.50 bits per heavy atom. The summed E-state index contributed by atoms with van der Waals surface area (Å²) < 4.78 is 2.59. The standard InChI is InChI=1S/CH4N3.Cr.H2P/c2-1(3)4;;/h(H4-,2,3,4);;1H2/q-1;+2;-1. The van der Waals surface area contributed by atoms with Gasteiger partial charge < -0.3 is 0 Å². The van der Waals surface area contributed by atoms with Crippen molar-refractivity contribution in [1.82, 2.24) is 4.30 Å². The van der Waals surface area contributed by atoms with E-state index in [1.54, 1.807) is 0 Å². The summed E-state index contributed by atoms with van der Waals surface area (Å²) in [6, 6.07) is 0. The second-order valence-electron chi connectivity index (χ2n) is 0.634. The van der Waals surface area contributed by atoms with Gasteiger partial charge in [-0.3, -0.25) is 0 Å². The molecular formula is CH6CrN3P. The van der Waals surface area contributed by atoms with Gasteiger partial charge in [0, 0.05) is 0 Å². The first-order chi connectivity index (χ1) is 2.77. The molecule has 0 aliphatic rings. The van der Waals surface area contributed by atoms with E-state index in [0.29, 0.717) is 0 Å². The van der Waals surface area contributed by atoms with Crippen molar-refractivity contribution in [2.75, 3.05) is 0 Å². The molecule has 3 nitrogen and oxygen atoms in total. The maximum absolute atomic E-state index is 6.56. The summed E-state index contributed by atoms with van der Waals surface area (Å²) in [6.07, 6.45) is 0. The molecule has 0 aliphatic heterocycles. The summed E-state index contributed by atoms with van der Waals surface area (Å²) in [5.74, 6) is 0.0463. The van der Waals surface area contributed by atoms with Crippen LogP contribution in [0.1, 0.15) is 0 Å². The van der Waals surface area contributed by atoms with Gasteiger partial charge in [0.25, 0.3) is 0 Å². The number of hydrogen-bond donors (Lipinski definition) is 3. The second-order valence-corrected chi connectivity index (χ2v) is 2.29. The van der Waals surface area contributed by atoms with E-state index in [0.717, 1.165) is 0 Å². The Balaban J connectivity index is 2.83. The minimum absolute atomic E-state index is 0.0463. The molecule has 0 heterocycles. The third-order valence-electron chi connectivity index (χ3n) is 0.169. The van der Waals surface area contributed by atoms with Crippen molar-refractivity contribution in [3.63, 3.8) is 0 Å². The topological polar surface area (TPSA) is 61.9 Å². The van der Waals surface area contributed by atoms with E-state index in [1.165, 1.54) is 0 Å². The molecule has 4 N–H and O–H groups in total. The van der Waals surface area contributed by atoms with Gasteiger partial charge >= 0.3 is 44.3 Å². The first-order valence-corrected chi connectivity index (χ1v) is 4.55. The summed E-state index contributed by atoms with van der Waals surface area (Å²) in [5.41, 5.74) is 4.88. The molecule has 5 heteroatoms. The van der Waals surface area contributed by atoms with Crippen LogP contribution >= 0.6 is 7.89 Å². The third kappa shape index (κ3) is 4.23. The molecule has 0 rings (SSSR count). The van der Waals surface area contributed by atoms with Gasteiger partial charge in [-0.05, 0) is 0 Å². The third-order valence-corrected chi connectivity index (χ3v) is 1.18. The van der Waals surface area contributed by atoms with Gasteiger partial charge in [0.05, 0.1) is 0 Å². The van der Waals surface area contributed by atoms with E-state index >= 15 is 0 Å². The molecular weight excluding hydrogens is 137 g/mol. The van der Waals surface area contributed by atoms with E-state index in [4.69, 9.17) is 11.1 Å². The summed E-state index contributed by atoms with van der Waals surface area (Å²) in [5, 5.41) is 6.56. The second kappa shape index (κ2) is 3.42. The van der Waals surface area contributed by atoms with Gasteiger partial charge in [0.15, 0.2) is 0 Å². The zero-order chi connectivity index (χ0) is 4.99. The van der Waals surface area contributed by atoms with Crippen molar-refractivity contribution < 1.29 is 15.0 Å². The molecule has 0 aromatic carbocycles. The fraction of sp³-hybridized carbons (Fsp3) is 0. The fourth-order valence-corrected chi connectivity index (χ4v) is 0.785. The van der Waals surface area contributed by atoms with Crippen LogP contribution in [0.25, 0.3) is 0 Å². The average molecular weight is 143 g/mol. The van der Waals surface area contributed by atoms with Crippen LogP contribution in [-0.2, 0) is 15.0 Å². The van der Waals surface area contributed by atoms with Gasteiger partial charge in [-0.25, -0.2) is 0 Å². The molecule has 6 heavy (non-hydrogen) atoms. The Morgan fingerprint density at radius 1 is 2.00 bits per heavy atom. The van der Waals surface area contributed by atoms with Gasteiger partial charge in [-0.1, -0.05) is 0 Å². The van der Waals surface area contributed by atoms with Gasteiger partial charge in [0.1, 0.15) is 0 Å². The Hall–Kier alpha value is 0.232. The molecule has 1 atom stereocenters. The summed E-state index contributed by atoms with van der Waals surface area (Å²) in [7, 11) is 2.45. The number of nitrogens with two attached hydrogens (primary N) is 1. The van der Waals surface area contributed by atoms with Crippen LogP contribution in [0.3, 0.4) is 0 Å². The quantitative estimate of drug-likeness (QED) is 0.257. The van der Waals surface area contributed by atoms with E-state index in [2.05, 4.69) is 12.2 Å². The van der Waals surface area contributed by atoms with Crippen molar-refractivity contribution >= 4 is 13.8 Å². The predicted molar refractivity (Wildman–Crippen MR) is 24.8 cm³/mol. The first-order valence-electron chi connectivity index (χ1n) is 1.23. The van der Waals surface area contributed by atoms with Gasteiger partial charge in [-0.2, -0.15) is 0 Å². The Kier molecular flexibility index (Phi) is 3.56. The minimum atomic E-state index is 0.0463. The van der Waals surface area contributed by atoms with Crippen molar-refractivity contribution in [2.24, 2.45) is 5.73 Å². The van der Waals surface area contributed by atoms with Crippen LogP contribution < -0.4 is 10.0 Å². The summed E-state index contributed by atoms with van der Waals surface area (Å²) in [6.45, 7) is 0. The van der Waals surface area contributed by atoms with Crippen molar-refractivity contribution in [2.45, 2.75) is 0 Å². The zero-order valence-corrected chi connectivity index (χ0v) is 5.49. The molecule has 0 amide bonds. The van der Waals surface area contributed by atoms with Gasteiger partial charge in [-0.15, -0.1) is 0 Å². The van der Waals surface area contributed by atoms with Crippen LogP contribution in [0, 0.1) is 5.41 Å². The molecule has 0 radical (unpaired) electrons. The zero-order valence-electron chi connectivity index (χ0n) is 3.06. The SMILES string of the molecule is N=C(N)[NH][Cr][PH2]. The van der Waals surface area contributed by atoms with Crippen LogP contribution in [0.2, 0.25) is 0 Å². The van der Waals surface area contributed by atoms with E-state index < -0.39 is 0 Å². The maximum atomic E-state index is 6.56. The molecule has 0 aromatic heterocycles. The van der Waals surface area contributed by atoms with Crippen molar-refractivity contribution in [3.8, 4) is 0 Å². The molecule has 1 unspecified atom stereocenters.